The summed E-state index contributed by atoms with van der Waals surface area (Å²) in [5.74, 6) is -0.584. The van der Waals surface area contributed by atoms with Gasteiger partial charge in [0.05, 0.1) is 16.7 Å². The average Bonchev–Trinajstić information content (AvgIpc) is 2.59. The number of hydrogen-bond donors (Lipinski definition) is 1. The normalized spacial score (nSPS) is 15.8. The molecule has 4 nitrogen and oxygen atoms in total. The largest absolute Gasteiger partial charge is 0.485 e. The fourth-order valence-electron chi connectivity index (χ4n) is 2.98. The first kappa shape index (κ1) is 17.7. The first-order chi connectivity index (χ1) is 12.0. The maximum atomic E-state index is 14.3. The van der Waals surface area contributed by atoms with Gasteiger partial charge in [0.15, 0.2) is 11.6 Å². The van der Waals surface area contributed by atoms with Crippen molar-refractivity contribution in [3.63, 3.8) is 0 Å². The number of ether oxygens (including phenoxy) is 1. The summed E-state index contributed by atoms with van der Waals surface area (Å²) < 4.78 is 47.7. The van der Waals surface area contributed by atoms with Gasteiger partial charge in [-0.1, -0.05) is 30.2 Å². The lowest BCUT2D eigenvalue weighted by molar-refractivity contribution is 0.150. The SMILES string of the molecule is Cc1ccc(S(=O)(=O)Nc2cccc(F)c2OC2CCCCC2)cc1. The van der Waals surface area contributed by atoms with Crippen molar-refractivity contribution in [3.05, 3.63) is 53.8 Å². The summed E-state index contributed by atoms with van der Waals surface area (Å²) in [6.45, 7) is 1.88. The Morgan fingerprint density at radius 3 is 2.40 bits per heavy atom. The number of para-hydroxylation sites is 1. The van der Waals surface area contributed by atoms with Crippen molar-refractivity contribution in [2.45, 2.75) is 50.0 Å². The number of benzene rings is 2. The van der Waals surface area contributed by atoms with Crippen LogP contribution in [0.3, 0.4) is 0 Å². The van der Waals surface area contributed by atoms with Gasteiger partial charge in [-0.25, -0.2) is 12.8 Å². The minimum Gasteiger partial charge on any atom is -0.485 e. The van der Waals surface area contributed by atoms with E-state index in [1.54, 1.807) is 12.1 Å². The van der Waals surface area contributed by atoms with Crippen molar-refractivity contribution in [1.29, 1.82) is 0 Å². The molecular formula is C19H22FNO3S. The van der Waals surface area contributed by atoms with Gasteiger partial charge in [0.1, 0.15) is 0 Å². The maximum Gasteiger partial charge on any atom is 0.262 e. The summed E-state index contributed by atoms with van der Waals surface area (Å²) in [6, 6.07) is 10.8. The van der Waals surface area contributed by atoms with Gasteiger partial charge in [0.2, 0.25) is 0 Å². The number of halogens is 1. The van der Waals surface area contributed by atoms with Crippen LogP contribution in [0, 0.1) is 12.7 Å². The highest BCUT2D eigenvalue weighted by Gasteiger charge is 2.22. The molecule has 0 radical (unpaired) electrons. The van der Waals surface area contributed by atoms with Gasteiger partial charge in [0, 0.05) is 0 Å². The van der Waals surface area contributed by atoms with Crippen LogP contribution in [0.1, 0.15) is 37.7 Å². The Bertz CT molecular complexity index is 828. The minimum absolute atomic E-state index is 0.0231. The molecule has 0 saturated heterocycles. The van der Waals surface area contributed by atoms with Crippen LogP contribution in [-0.4, -0.2) is 14.5 Å². The van der Waals surface area contributed by atoms with Gasteiger partial charge in [-0.15, -0.1) is 0 Å². The van der Waals surface area contributed by atoms with Crippen LogP contribution in [0.5, 0.6) is 5.75 Å². The number of anilines is 1. The van der Waals surface area contributed by atoms with Crippen molar-refractivity contribution in [2.75, 3.05) is 4.72 Å². The molecule has 2 aromatic carbocycles. The molecule has 2 aromatic rings. The summed E-state index contributed by atoms with van der Waals surface area (Å²) in [5, 5.41) is 0. The highest BCUT2D eigenvalue weighted by molar-refractivity contribution is 7.92. The molecule has 25 heavy (non-hydrogen) atoms. The molecule has 0 atom stereocenters. The molecule has 0 unspecified atom stereocenters. The third-order valence-electron chi connectivity index (χ3n) is 4.38. The maximum absolute atomic E-state index is 14.3. The summed E-state index contributed by atoms with van der Waals surface area (Å²) in [4.78, 5) is 0.131. The van der Waals surface area contributed by atoms with E-state index < -0.39 is 15.8 Å². The van der Waals surface area contributed by atoms with Crippen LogP contribution >= 0.6 is 0 Å². The third-order valence-corrected chi connectivity index (χ3v) is 5.76. The first-order valence-corrected chi connectivity index (χ1v) is 9.99. The van der Waals surface area contributed by atoms with Crippen LogP contribution in [0.25, 0.3) is 0 Å². The molecule has 134 valence electrons. The lowest BCUT2D eigenvalue weighted by Gasteiger charge is -2.24. The van der Waals surface area contributed by atoms with Crippen molar-refractivity contribution >= 4 is 15.7 Å². The lowest BCUT2D eigenvalue weighted by Crippen LogP contribution is -2.21. The molecule has 0 bridgehead atoms. The number of aryl methyl sites for hydroxylation is 1. The van der Waals surface area contributed by atoms with Crippen molar-refractivity contribution < 1.29 is 17.5 Å². The molecule has 0 aromatic heterocycles. The summed E-state index contributed by atoms with van der Waals surface area (Å²) in [7, 11) is -3.81. The zero-order valence-electron chi connectivity index (χ0n) is 14.2. The van der Waals surface area contributed by atoms with Gasteiger partial charge >= 0.3 is 0 Å². The molecule has 0 aliphatic heterocycles. The predicted molar refractivity (Wildman–Crippen MR) is 95.9 cm³/mol. The molecule has 1 saturated carbocycles. The van der Waals surface area contributed by atoms with E-state index in [9.17, 15) is 12.8 Å². The van der Waals surface area contributed by atoms with E-state index >= 15 is 0 Å². The van der Waals surface area contributed by atoms with E-state index in [4.69, 9.17) is 4.74 Å². The predicted octanol–water partition coefficient (Wildman–Crippen LogP) is 4.65. The highest BCUT2D eigenvalue weighted by atomic mass is 32.2. The Kier molecular flexibility index (Phi) is 5.27. The van der Waals surface area contributed by atoms with Crippen LogP contribution in [0.4, 0.5) is 10.1 Å². The molecule has 0 amide bonds. The molecular weight excluding hydrogens is 341 g/mol. The monoisotopic (exact) mass is 363 g/mol. The minimum atomic E-state index is -3.81. The Labute approximate surface area is 148 Å². The fourth-order valence-corrected chi connectivity index (χ4v) is 4.04. The quantitative estimate of drug-likeness (QED) is 0.841. The van der Waals surface area contributed by atoms with Gasteiger partial charge < -0.3 is 4.74 Å². The van der Waals surface area contributed by atoms with Crippen LogP contribution < -0.4 is 9.46 Å². The first-order valence-electron chi connectivity index (χ1n) is 8.50. The summed E-state index contributed by atoms with van der Waals surface area (Å²) >= 11 is 0. The fraction of sp³-hybridized carbons (Fsp3) is 0.368. The topological polar surface area (TPSA) is 55.4 Å². The smallest absolute Gasteiger partial charge is 0.262 e. The zero-order valence-corrected chi connectivity index (χ0v) is 15.0. The standard InChI is InChI=1S/C19H22FNO3S/c1-14-10-12-16(13-11-14)25(22,23)21-18-9-5-8-17(20)19(18)24-15-6-3-2-4-7-15/h5,8-13,15,21H,2-4,6-7H2,1H3. The number of rotatable bonds is 5. The van der Waals surface area contributed by atoms with Crippen LogP contribution in [-0.2, 0) is 10.0 Å². The van der Waals surface area contributed by atoms with Crippen molar-refractivity contribution in [2.24, 2.45) is 0 Å². The van der Waals surface area contributed by atoms with Gasteiger partial charge in [-0.2, -0.15) is 0 Å². The Morgan fingerprint density at radius 1 is 1.04 bits per heavy atom. The van der Waals surface area contributed by atoms with E-state index in [1.165, 1.54) is 30.3 Å². The third kappa shape index (κ3) is 4.31. The Hall–Kier alpha value is -2.08. The molecule has 3 rings (SSSR count). The van der Waals surface area contributed by atoms with E-state index in [1.807, 2.05) is 6.92 Å². The molecule has 6 heteroatoms. The molecule has 1 aliphatic rings. The van der Waals surface area contributed by atoms with Crippen LogP contribution in [0.2, 0.25) is 0 Å². The Morgan fingerprint density at radius 2 is 1.72 bits per heavy atom. The number of hydrogen-bond acceptors (Lipinski definition) is 3. The molecule has 1 aliphatic carbocycles. The second kappa shape index (κ2) is 7.44. The second-order valence-corrected chi connectivity index (χ2v) is 8.10. The second-order valence-electron chi connectivity index (χ2n) is 6.41. The highest BCUT2D eigenvalue weighted by Crippen LogP contribution is 2.33. The zero-order chi connectivity index (χ0) is 17.9. The van der Waals surface area contributed by atoms with E-state index in [0.717, 1.165) is 37.7 Å². The van der Waals surface area contributed by atoms with E-state index in [-0.39, 0.29) is 22.4 Å². The van der Waals surface area contributed by atoms with Crippen molar-refractivity contribution in [1.82, 2.24) is 0 Å². The van der Waals surface area contributed by atoms with Crippen molar-refractivity contribution in [3.8, 4) is 5.75 Å². The number of sulfonamides is 1. The van der Waals surface area contributed by atoms with E-state index in [0.29, 0.717) is 0 Å². The van der Waals surface area contributed by atoms with Gasteiger partial charge in [0.25, 0.3) is 10.0 Å². The molecule has 0 heterocycles. The van der Waals surface area contributed by atoms with Gasteiger partial charge in [-0.3, -0.25) is 4.72 Å². The summed E-state index contributed by atoms with van der Waals surface area (Å²) in [6.07, 6.45) is 4.89. The lowest BCUT2D eigenvalue weighted by atomic mass is 9.98. The molecule has 0 spiro atoms. The Balaban J connectivity index is 1.86. The molecule has 1 fully saturated rings. The van der Waals surface area contributed by atoms with Gasteiger partial charge in [-0.05, 0) is 56.9 Å². The molecule has 1 N–H and O–H groups in total. The van der Waals surface area contributed by atoms with Crippen LogP contribution in [0.15, 0.2) is 47.4 Å². The van der Waals surface area contributed by atoms with E-state index in [2.05, 4.69) is 4.72 Å². The number of nitrogens with one attached hydrogen (secondary N) is 1. The average molecular weight is 363 g/mol. The summed E-state index contributed by atoms with van der Waals surface area (Å²) in [5.41, 5.74) is 1.09.